The van der Waals surface area contributed by atoms with E-state index in [2.05, 4.69) is 59.8 Å². The molecule has 6 heteroatoms. The summed E-state index contributed by atoms with van der Waals surface area (Å²) in [5.74, 6) is 0.0662. The van der Waals surface area contributed by atoms with Gasteiger partial charge < -0.3 is 9.47 Å². The number of hydrogen-bond acceptors (Lipinski definition) is 3. The molecule has 0 radical (unpaired) electrons. The molecular formula is C25H29N3O2S. The third-order valence-electron chi connectivity index (χ3n) is 6.87. The molecule has 31 heavy (non-hydrogen) atoms. The van der Waals surface area contributed by atoms with E-state index in [4.69, 9.17) is 0 Å². The average molecular weight is 436 g/mol. The molecule has 2 aliphatic rings. The van der Waals surface area contributed by atoms with Gasteiger partial charge in [-0.05, 0) is 62.1 Å². The highest BCUT2D eigenvalue weighted by atomic mass is 32.2. The molecule has 162 valence electrons. The molecule has 0 amide bonds. The Hall–Kier alpha value is -2.57. The largest absolute Gasteiger partial charge is 0.359 e. The fraction of sp³-hybridized carbons (Fsp3) is 0.360. The maximum atomic E-state index is 13.1. The van der Waals surface area contributed by atoms with Gasteiger partial charge in [0.2, 0.25) is 10.0 Å². The minimum Gasteiger partial charge on any atom is -0.359 e. The van der Waals surface area contributed by atoms with E-state index in [-0.39, 0.29) is 11.3 Å². The van der Waals surface area contributed by atoms with Gasteiger partial charge in [-0.15, -0.1) is 0 Å². The quantitative estimate of drug-likeness (QED) is 0.608. The van der Waals surface area contributed by atoms with E-state index in [1.54, 1.807) is 4.31 Å². The Bertz CT molecular complexity index is 1190. The van der Waals surface area contributed by atoms with E-state index in [9.17, 15) is 8.42 Å². The lowest BCUT2D eigenvalue weighted by Gasteiger charge is -2.52. The number of benzene rings is 2. The minimum absolute atomic E-state index is 0.0662. The standard InChI is InChI=1S/C25H29N3O2S/c1-3-28-23-18-20(2)11-12-22(23)27-15-7-10-24(27)25(28)13-16-26(17-14-25)31(29,30)19-21-8-5-4-6-9-21/h4-12,15,18H,3,13-14,16-17,19H2,1-2H3. The lowest BCUT2D eigenvalue weighted by Crippen LogP contribution is -2.57. The van der Waals surface area contributed by atoms with Crippen molar-refractivity contribution in [2.24, 2.45) is 0 Å². The van der Waals surface area contributed by atoms with Gasteiger partial charge in [0.05, 0.1) is 22.7 Å². The Morgan fingerprint density at radius 1 is 0.935 bits per heavy atom. The normalized spacial score (nSPS) is 18.1. The smallest absolute Gasteiger partial charge is 0.218 e. The maximum Gasteiger partial charge on any atom is 0.218 e. The van der Waals surface area contributed by atoms with E-state index in [0.29, 0.717) is 13.1 Å². The fourth-order valence-electron chi connectivity index (χ4n) is 5.40. The van der Waals surface area contributed by atoms with E-state index in [0.717, 1.165) is 24.9 Å². The van der Waals surface area contributed by atoms with Crippen molar-refractivity contribution in [1.29, 1.82) is 0 Å². The summed E-state index contributed by atoms with van der Waals surface area (Å²) < 4.78 is 30.2. The number of nitrogens with zero attached hydrogens (tertiary/aromatic N) is 3. The van der Waals surface area contributed by atoms with E-state index < -0.39 is 10.0 Å². The van der Waals surface area contributed by atoms with Crippen molar-refractivity contribution in [2.45, 2.75) is 38.0 Å². The van der Waals surface area contributed by atoms with Crippen molar-refractivity contribution < 1.29 is 8.42 Å². The highest BCUT2D eigenvalue weighted by molar-refractivity contribution is 7.88. The molecule has 1 saturated heterocycles. The monoisotopic (exact) mass is 435 g/mol. The van der Waals surface area contributed by atoms with Crippen LogP contribution in [0.2, 0.25) is 0 Å². The van der Waals surface area contributed by atoms with Crippen molar-refractivity contribution >= 4 is 15.7 Å². The van der Waals surface area contributed by atoms with Crippen LogP contribution in [0.4, 0.5) is 5.69 Å². The van der Waals surface area contributed by atoms with E-state index in [1.165, 1.54) is 22.6 Å². The molecule has 5 nitrogen and oxygen atoms in total. The van der Waals surface area contributed by atoms with Gasteiger partial charge in [0, 0.05) is 31.5 Å². The first kappa shape index (κ1) is 20.3. The zero-order valence-corrected chi connectivity index (χ0v) is 19.0. The van der Waals surface area contributed by atoms with Gasteiger partial charge in [0.1, 0.15) is 0 Å². The first-order chi connectivity index (χ1) is 14.9. The van der Waals surface area contributed by atoms with Crippen molar-refractivity contribution in [3.05, 3.63) is 83.7 Å². The number of hydrogen-bond donors (Lipinski definition) is 0. The molecule has 1 aromatic heterocycles. The number of aryl methyl sites for hydroxylation is 1. The molecule has 0 unspecified atom stereocenters. The zero-order chi connectivity index (χ0) is 21.6. The van der Waals surface area contributed by atoms with Crippen LogP contribution >= 0.6 is 0 Å². The summed E-state index contributed by atoms with van der Waals surface area (Å²) in [5.41, 5.74) is 5.62. The van der Waals surface area contributed by atoms with Crippen molar-refractivity contribution in [3.8, 4) is 5.69 Å². The molecule has 3 heterocycles. The summed E-state index contributed by atoms with van der Waals surface area (Å²) in [6.45, 7) is 6.30. The Morgan fingerprint density at radius 2 is 1.68 bits per heavy atom. The second-order valence-electron chi connectivity index (χ2n) is 8.67. The van der Waals surface area contributed by atoms with Crippen LogP contribution in [0.1, 0.15) is 36.6 Å². The molecule has 5 rings (SSSR count). The predicted octanol–water partition coefficient (Wildman–Crippen LogP) is 4.45. The van der Waals surface area contributed by atoms with Gasteiger partial charge in [-0.3, -0.25) is 0 Å². The van der Waals surface area contributed by atoms with Crippen LogP contribution in [0.3, 0.4) is 0 Å². The lowest BCUT2D eigenvalue weighted by molar-refractivity contribution is 0.214. The van der Waals surface area contributed by atoms with Gasteiger partial charge in [0.15, 0.2) is 0 Å². The van der Waals surface area contributed by atoms with Crippen LogP contribution in [0, 0.1) is 6.92 Å². The number of rotatable bonds is 4. The highest BCUT2D eigenvalue weighted by Crippen LogP contribution is 2.48. The summed E-state index contributed by atoms with van der Waals surface area (Å²) in [7, 11) is -3.34. The molecule has 0 bridgehead atoms. The molecule has 0 aliphatic carbocycles. The number of aromatic nitrogens is 1. The summed E-state index contributed by atoms with van der Waals surface area (Å²) >= 11 is 0. The van der Waals surface area contributed by atoms with E-state index >= 15 is 0 Å². The summed E-state index contributed by atoms with van der Waals surface area (Å²) in [4.78, 5) is 2.51. The number of piperidine rings is 1. The number of sulfonamides is 1. The molecular weight excluding hydrogens is 406 g/mol. The second-order valence-corrected chi connectivity index (χ2v) is 10.6. The van der Waals surface area contributed by atoms with Crippen LogP contribution in [-0.4, -0.2) is 36.9 Å². The number of fused-ring (bicyclic) bond motifs is 4. The van der Waals surface area contributed by atoms with Gasteiger partial charge in [0.25, 0.3) is 0 Å². The van der Waals surface area contributed by atoms with Crippen LogP contribution in [0.15, 0.2) is 66.9 Å². The first-order valence-electron chi connectivity index (χ1n) is 11.0. The number of anilines is 1. The highest BCUT2D eigenvalue weighted by Gasteiger charge is 2.47. The molecule has 1 spiro atoms. The Labute approximate surface area is 185 Å². The Kier molecular flexibility index (Phi) is 4.94. The molecule has 2 aliphatic heterocycles. The van der Waals surface area contributed by atoms with Gasteiger partial charge in [-0.2, -0.15) is 0 Å². The summed E-state index contributed by atoms with van der Waals surface area (Å²) in [5, 5.41) is 0. The molecule has 0 N–H and O–H groups in total. The lowest BCUT2D eigenvalue weighted by atomic mass is 9.81. The summed E-state index contributed by atoms with van der Waals surface area (Å²) in [6, 6.07) is 20.4. The third kappa shape index (κ3) is 3.29. The average Bonchev–Trinajstić information content (AvgIpc) is 3.26. The molecule has 0 atom stereocenters. The molecule has 3 aromatic rings. The maximum absolute atomic E-state index is 13.1. The minimum atomic E-state index is -3.34. The SMILES string of the molecule is CCN1c2cc(C)ccc2-n2cccc2C12CCN(S(=O)(=O)Cc1ccccc1)CC2. The molecule has 0 saturated carbocycles. The Balaban J connectivity index is 1.47. The van der Waals surface area contributed by atoms with Crippen LogP contribution in [0.25, 0.3) is 5.69 Å². The van der Waals surface area contributed by atoms with Gasteiger partial charge in [-0.1, -0.05) is 36.4 Å². The van der Waals surface area contributed by atoms with Gasteiger partial charge in [-0.25, -0.2) is 12.7 Å². The van der Waals surface area contributed by atoms with Crippen LogP contribution in [0.5, 0.6) is 0 Å². The molecule has 1 fully saturated rings. The fourth-order valence-corrected chi connectivity index (χ4v) is 6.94. The Morgan fingerprint density at radius 3 is 2.39 bits per heavy atom. The zero-order valence-electron chi connectivity index (χ0n) is 18.2. The van der Waals surface area contributed by atoms with Crippen LogP contribution in [-0.2, 0) is 21.3 Å². The van der Waals surface area contributed by atoms with Crippen molar-refractivity contribution in [1.82, 2.24) is 8.87 Å². The molecule has 2 aromatic carbocycles. The van der Waals surface area contributed by atoms with Gasteiger partial charge >= 0.3 is 0 Å². The predicted molar refractivity (Wildman–Crippen MR) is 125 cm³/mol. The van der Waals surface area contributed by atoms with Crippen molar-refractivity contribution in [3.63, 3.8) is 0 Å². The first-order valence-corrected chi connectivity index (χ1v) is 12.6. The summed E-state index contributed by atoms with van der Waals surface area (Å²) in [6.07, 6.45) is 3.70. The second kappa shape index (κ2) is 7.53. The third-order valence-corrected chi connectivity index (χ3v) is 8.72. The topological polar surface area (TPSA) is 45.5 Å². The van der Waals surface area contributed by atoms with E-state index in [1.807, 2.05) is 30.3 Å². The van der Waals surface area contributed by atoms with Crippen molar-refractivity contribution in [2.75, 3.05) is 24.5 Å². The van der Waals surface area contributed by atoms with Crippen LogP contribution < -0.4 is 4.90 Å².